The number of halogens is 1. The van der Waals surface area contributed by atoms with Crippen molar-refractivity contribution in [2.24, 2.45) is 5.92 Å². The van der Waals surface area contributed by atoms with E-state index in [1.54, 1.807) is 36.4 Å². The number of fused-ring (bicyclic) bond motifs is 1. The Balaban J connectivity index is 1.77. The van der Waals surface area contributed by atoms with Gasteiger partial charge in [-0.1, -0.05) is 6.92 Å². The van der Waals surface area contributed by atoms with Crippen molar-refractivity contribution in [3.8, 4) is 17.2 Å². The summed E-state index contributed by atoms with van der Waals surface area (Å²) in [6, 6.07) is 10.1. The molecule has 0 aliphatic carbocycles. The molecule has 0 saturated heterocycles. The van der Waals surface area contributed by atoms with Crippen LogP contribution in [-0.2, 0) is 4.74 Å². The third kappa shape index (κ3) is 4.75. The number of aliphatic hydroxyl groups is 1. The molecule has 144 valence electrons. The molecule has 3 rings (SSSR count). The lowest BCUT2D eigenvalue weighted by Gasteiger charge is -2.25. The molecule has 0 fully saturated rings. The number of aromatic hydroxyl groups is 1. The van der Waals surface area contributed by atoms with Crippen molar-refractivity contribution < 1.29 is 29.2 Å². The Morgan fingerprint density at radius 3 is 2.81 bits per heavy atom. The number of carbonyl (C=O) groups excluding carboxylic acids is 1. The van der Waals surface area contributed by atoms with Crippen molar-refractivity contribution >= 4 is 34.4 Å². The number of carbonyl (C=O) groups is 1. The number of rotatable bonds is 6. The van der Waals surface area contributed by atoms with E-state index in [0.29, 0.717) is 29.2 Å². The number of hydrogen-bond acceptors (Lipinski definition) is 6. The first kappa shape index (κ1) is 19.6. The fourth-order valence-electron chi connectivity index (χ4n) is 2.83. The third-order valence-corrected chi connectivity index (χ3v) is 4.92. The van der Waals surface area contributed by atoms with Crippen LogP contribution in [-0.4, -0.2) is 29.7 Å². The van der Waals surface area contributed by atoms with Crippen LogP contribution in [0, 0.1) is 9.49 Å². The Hall–Kier alpha value is -2.20. The fraction of sp³-hybridized carbons (Fsp3) is 0.316. The van der Waals surface area contributed by atoms with E-state index < -0.39 is 12.2 Å². The van der Waals surface area contributed by atoms with Gasteiger partial charge in [0.25, 0.3) is 0 Å². The van der Waals surface area contributed by atoms with E-state index in [1.165, 1.54) is 0 Å². The molecule has 0 spiro atoms. The van der Waals surface area contributed by atoms with Crippen molar-refractivity contribution in [1.29, 1.82) is 0 Å². The van der Waals surface area contributed by atoms with E-state index in [2.05, 4.69) is 27.9 Å². The fourth-order valence-corrected chi connectivity index (χ4v) is 3.35. The van der Waals surface area contributed by atoms with Crippen molar-refractivity contribution in [2.45, 2.75) is 19.4 Å². The highest BCUT2D eigenvalue weighted by molar-refractivity contribution is 14.1. The average molecular weight is 485 g/mol. The van der Waals surface area contributed by atoms with Crippen LogP contribution in [0.25, 0.3) is 0 Å². The van der Waals surface area contributed by atoms with Crippen molar-refractivity contribution in [3.05, 3.63) is 45.5 Å². The maximum atomic E-state index is 12.4. The second kappa shape index (κ2) is 8.66. The highest BCUT2D eigenvalue weighted by Gasteiger charge is 2.26. The number of ether oxygens (including phenoxy) is 3. The highest BCUT2D eigenvalue weighted by atomic mass is 127. The number of aliphatic hydroxyl groups excluding tert-OH is 1. The van der Waals surface area contributed by atoms with Crippen LogP contribution in [0.1, 0.15) is 25.0 Å². The topological polar surface area (TPSA) is 97.3 Å². The molecule has 7 nitrogen and oxygen atoms in total. The summed E-state index contributed by atoms with van der Waals surface area (Å²) in [7, 11) is 0. The van der Waals surface area contributed by atoms with Gasteiger partial charge in [-0.3, -0.25) is 5.32 Å². The summed E-state index contributed by atoms with van der Waals surface area (Å²) in [5, 5.41) is 22.2. The van der Waals surface area contributed by atoms with E-state index >= 15 is 0 Å². The standard InChI is InChI=1S/C19H20INO6/c1-11(6-7-22)18(14-8-12(20)2-4-15(14)23)27-19(24)21-13-3-5-16-17(9-13)26-10-25-16/h2-5,8-9,11,18,22-23H,6-7,10H2,1H3,(H,21,24)/t11-,18-/m0/s1. The Labute approximate surface area is 170 Å². The summed E-state index contributed by atoms with van der Waals surface area (Å²) in [6.45, 7) is 1.96. The van der Waals surface area contributed by atoms with E-state index in [9.17, 15) is 15.0 Å². The van der Waals surface area contributed by atoms with Gasteiger partial charge in [0.1, 0.15) is 11.9 Å². The first-order chi connectivity index (χ1) is 13.0. The minimum Gasteiger partial charge on any atom is -0.508 e. The number of benzene rings is 2. The van der Waals surface area contributed by atoms with Crippen LogP contribution >= 0.6 is 22.6 Å². The second-order valence-electron chi connectivity index (χ2n) is 6.21. The van der Waals surface area contributed by atoms with E-state index in [1.807, 2.05) is 6.92 Å². The smallest absolute Gasteiger partial charge is 0.412 e. The van der Waals surface area contributed by atoms with Crippen LogP contribution in [0.3, 0.4) is 0 Å². The minimum absolute atomic E-state index is 0.0427. The normalized spacial score (nSPS) is 14.5. The van der Waals surface area contributed by atoms with Gasteiger partial charge in [-0.15, -0.1) is 0 Å². The molecule has 8 heteroatoms. The van der Waals surface area contributed by atoms with Crippen molar-refractivity contribution in [2.75, 3.05) is 18.7 Å². The summed E-state index contributed by atoms with van der Waals surface area (Å²) in [6.07, 6.45) is -0.949. The molecule has 27 heavy (non-hydrogen) atoms. The monoisotopic (exact) mass is 485 g/mol. The largest absolute Gasteiger partial charge is 0.508 e. The van der Waals surface area contributed by atoms with Crippen molar-refractivity contribution in [1.82, 2.24) is 0 Å². The van der Waals surface area contributed by atoms with Crippen LogP contribution in [0.5, 0.6) is 17.2 Å². The lowest BCUT2D eigenvalue weighted by atomic mass is 9.94. The Morgan fingerprint density at radius 1 is 1.26 bits per heavy atom. The zero-order chi connectivity index (χ0) is 19.4. The number of anilines is 1. The predicted octanol–water partition coefficient (Wildman–Crippen LogP) is 4.03. The van der Waals surface area contributed by atoms with Gasteiger partial charge < -0.3 is 24.4 Å². The summed E-state index contributed by atoms with van der Waals surface area (Å²) >= 11 is 2.13. The zero-order valence-electron chi connectivity index (χ0n) is 14.6. The van der Waals surface area contributed by atoms with Crippen LogP contribution < -0.4 is 14.8 Å². The summed E-state index contributed by atoms with van der Waals surface area (Å²) in [4.78, 5) is 12.4. The third-order valence-electron chi connectivity index (χ3n) is 4.25. The molecule has 1 heterocycles. The quantitative estimate of drug-likeness (QED) is 0.535. The molecule has 0 radical (unpaired) electrons. The zero-order valence-corrected chi connectivity index (χ0v) is 16.8. The molecule has 2 atom stereocenters. The molecule has 0 aromatic heterocycles. The lowest BCUT2D eigenvalue weighted by Crippen LogP contribution is -2.22. The van der Waals surface area contributed by atoms with Gasteiger partial charge in [-0.05, 0) is 65.3 Å². The Bertz CT molecular complexity index is 828. The molecule has 1 aliphatic rings. The van der Waals surface area contributed by atoms with Gasteiger partial charge in [-0.25, -0.2) is 4.79 Å². The minimum atomic E-state index is -0.708. The summed E-state index contributed by atoms with van der Waals surface area (Å²) in [5.41, 5.74) is 1.01. The molecule has 2 aromatic carbocycles. The van der Waals surface area contributed by atoms with E-state index in [0.717, 1.165) is 3.57 Å². The summed E-state index contributed by atoms with van der Waals surface area (Å²) < 4.78 is 17.1. The first-order valence-corrected chi connectivity index (χ1v) is 9.52. The maximum Gasteiger partial charge on any atom is 0.412 e. The van der Waals surface area contributed by atoms with Gasteiger partial charge in [0, 0.05) is 27.5 Å². The Morgan fingerprint density at radius 2 is 2.04 bits per heavy atom. The second-order valence-corrected chi connectivity index (χ2v) is 7.46. The molecule has 0 bridgehead atoms. The number of hydrogen-bond donors (Lipinski definition) is 3. The van der Waals surface area contributed by atoms with Gasteiger partial charge in [0.2, 0.25) is 6.79 Å². The molecule has 1 aliphatic heterocycles. The predicted molar refractivity (Wildman–Crippen MR) is 107 cm³/mol. The van der Waals surface area contributed by atoms with Gasteiger partial charge in [0.05, 0.1) is 0 Å². The summed E-state index contributed by atoms with van der Waals surface area (Å²) in [5.74, 6) is 1.02. The highest BCUT2D eigenvalue weighted by Crippen LogP contribution is 2.36. The molecular formula is C19H20INO6. The van der Waals surface area contributed by atoms with E-state index in [4.69, 9.17) is 14.2 Å². The van der Waals surface area contributed by atoms with Crippen LogP contribution in [0.15, 0.2) is 36.4 Å². The average Bonchev–Trinajstić information content (AvgIpc) is 3.10. The molecule has 1 amide bonds. The molecule has 3 N–H and O–H groups in total. The first-order valence-electron chi connectivity index (χ1n) is 8.44. The van der Waals surface area contributed by atoms with Crippen LogP contribution in [0.2, 0.25) is 0 Å². The Kier molecular flexibility index (Phi) is 6.27. The number of phenols is 1. The SMILES string of the molecule is C[C@@H](CCO)[C@H](OC(=O)Nc1ccc2c(c1)OCO2)c1cc(I)ccc1O. The lowest BCUT2D eigenvalue weighted by molar-refractivity contribution is 0.0652. The number of nitrogens with one attached hydrogen (secondary N) is 1. The molecule has 0 unspecified atom stereocenters. The van der Waals surface area contributed by atoms with Crippen molar-refractivity contribution in [3.63, 3.8) is 0 Å². The van der Waals surface area contributed by atoms with Gasteiger partial charge in [0.15, 0.2) is 11.5 Å². The molecular weight excluding hydrogens is 465 g/mol. The number of amides is 1. The molecule has 0 saturated carbocycles. The van der Waals surface area contributed by atoms with Gasteiger partial charge >= 0.3 is 6.09 Å². The van der Waals surface area contributed by atoms with Crippen LogP contribution in [0.4, 0.5) is 10.5 Å². The maximum absolute atomic E-state index is 12.4. The molecule has 2 aromatic rings. The van der Waals surface area contributed by atoms with Gasteiger partial charge in [-0.2, -0.15) is 0 Å². The van der Waals surface area contributed by atoms with E-state index in [-0.39, 0.29) is 25.1 Å². The number of phenolic OH excluding ortho intramolecular Hbond substituents is 1.